The van der Waals surface area contributed by atoms with Crippen molar-refractivity contribution in [2.24, 2.45) is 4.99 Å². The van der Waals surface area contributed by atoms with Crippen LogP contribution in [0.1, 0.15) is 36.6 Å². The lowest BCUT2D eigenvalue weighted by molar-refractivity contribution is -0.139. The highest BCUT2D eigenvalue weighted by Crippen LogP contribution is 2.37. The van der Waals surface area contributed by atoms with E-state index in [0.29, 0.717) is 57.9 Å². The van der Waals surface area contributed by atoms with Gasteiger partial charge in [0.15, 0.2) is 16.3 Å². The molecule has 0 fully saturated rings. The molecule has 1 aliphatic rings. The van der Waals surface area contributed by atoms with Crippen molar-refractivity contribution in [2.45, 2.75) is 26.5 Å². The standard InChI is InChI=1S/C32H26BrCl2IN2O6S/c1-5-43-31(40)27-16(2)37-32-38(28(27)18-7-9-24(41-3)21(33)13-18)30(39)26(45-32)12-17-10-23(36)29(25(11-17)42-4)44-15-19-6-8-20(34)14-22(19)35/h6-14,28H,5,15H2,1-4H3/b26-12+/t28-/m0/s1. The van der Waals surface area contributed by atoms with Crippen molar-refractivity contribution in [3.05, 3.63) is 114 Å². The normalized spacial score (nSPS) is 14.6. The van der Waals surface area contributed by atoms with Crippen LogP contribution in [-0.2, 0) is 16.1 Å². The number of benzene rings is 3. The highest BCUT2D eigenvalue weighted by Gasteiger charge is 2.33. The number of methoxy groups -OCH3 is 2. The van der Waals surface area contributed by atoms with Crippen molar-refractivity contribution < 1.29 is 23.7 Å². The smallest absolute Gasteiger partial charge is 0.338 e. The molecule has 45 heavy (non-hydrogen) atoms. The fraction of sp³-hybridized carbons (Fsp3) is 0.219. The minimum Gasteiger partial charge on any atom is -0.496 e. The van der Waals surface area contributed by atoms with Gasteiger partial charge in [0.1, 0.15) is 12.4 Å². The number of fused-ring (bicyclic) bond motifs is 1. The molecule has 0 radical (unpaired) electrons. The average molecular weight is 844 g/mol. The van der Waals surface area contributed by atoms with Gasteiger partial charge in [0, 0.05) is 15.6 Å². The number of esters is 1. The Morgan fingerprint density at radius 3 is 2.53 bits per heavy atom. The molecular formula is C32H26BrCl2IN2O6S. The van der Waals surface area contributed by atoms with Crippen LogP contribution in [0.25, 0.3) is 6.08 Å². The number of carbonyl (C=O) groups is 1. The molecule has 0 N–H and O–H groups in total. The van der Waals surface area contributed by atoms with E-state index in [0.717, 1.165) is 14.7 Å². The van der Waals surface area contributed by atoms with Gasteiger partial charge >= 0.3 is 5.97 Å². The molecule has 2 heterocycles. The highest BCUT2D eigenvalue weighted by atomic mass is 127. The molecule has 0 aliphatic carbocycles. The maximum absolute atomic E-state index is 14.1. The van der Waals surface area contributed by atoms with Gasteiger partial charge in [0.2, 0.25) is 0 Å². The van der Waals surface area contributed by atoms with Crippen molar-refractivity contribution in [2.75, 3.05) is 20.8 Å². The van der Waals surface area contributed by atoms with Gasteiger partial charge in [-0.25, -0.2) is 9.79 Å². The van der Waals surface area contributed by atoms with Crippen molar-refractivity contribution in [3.8, 4) is 17.2 Å². The van der Waals surface area contributed by atoms with Gasteiger partial charge < -0.3 is 18.9 Å². The minimum atomic E-state index is -0.755. The lowest BCUT2D eigenvalue weighted by atomic mass is 9.96. The molecule has 4 aromatic rings. The molecule has 3 aromatic carbocycles. The predicted molar refractivity (Wildman–Crippen MR) is 188 cm³/mol. The van der Waals surface area contributed by atoms with Crippen LogP contribution in [0, 0.1) is 3.57 Å². The van der Waals surface area contributed by atoms with Crippen LogP contribution in [0.5, 0.6) is 17.2 Å². The number of hydrogen-bond acceptors (Lipinski definition) is 8. The summed E-state index contributed by atoms with van der Waals surface area (Å²) in [6, 6.07) is 13.6. The second-order valence-corrected chi connectivity index (χ2v) is 13.6. The van der Waals surface area contributed by atoms with Crippen LogP contribution < -0.4 is 29.1 Å². The summed E-state index contributed by atoms with van der Waals surface area (Å²) in [4.78, 5) is 32.4. The van der Waals surface area contributed by atoms with Gasteiger partial charge in [0.05, 0.1) is 50.7 Å². The van der Waals surface area contributed by atoms with Crippen molar-refractivity contribution in [3.63, 3.8) is 0 Å². The third-order valence-electron chi connectivity index (χ3n) is 6.95. The Bertz CT molecular complexity index is 2030. The molecule has 13 heteroatoms. The molecular weight excluding hydrogens is 818 g/mol. The highest BCUT2D eigenvalue weighted by molar-refractivity contribution is 14.1. The molecule has 1 aliphatic heterocycles. The fourth-order valence-electron chi connectivity index (χ4n) is 4.86. The number of aromatic nitrogens is 1. The number of rotatable bonds is 9. The number of carbonyl (C=O) groups excluding carboxylic acids is 1. The summed E-state index contributed by atoms with van der Waals surface area (Å²) < 4.78 is 26.0. The Labute approximate surface area is 295 Å². The number of halogens is 4. The first-order valence-electron chi connectivity index (χ1n) is 13.5. The van der Waals surface area contributed by atoms with Crippen LogP contribution in [0.3, 0.4) is 0 Å². The lowest BCUT2D eigenvalue weighted by Crippen LogP contribution is -2.40. The summed E-state index contributed by atoms with van der Waals surface area (Å²) in [6.07, 6.45) is 1.78. The van der Waals surface area contributed by atoms with Crippen LogP contribution in [0.4, 0.5) is 0 Å². The van der Waals surface area contributed by atoms with Gasteiger partial charge in [-0.1, -0.05) is 46.7 Å². The SMILES string of the molecule is CCOC(=O)C1=C(C)N=c2s/c(=C/c3cc(I)c(OCc4ccc(Cl)cc4Cl)c(OC)c3)c(=O)n2[C@H]1c1ccc(OC)c(Br)c1. The second-order valence-electron chi connectivity index (χ2n) is 9.75. The molecule has 8 nitrogen and oxygen atoms in total. The van der Waals surface area contributed by atoms with E-state index in [-0.39, 0.29) is 18.8 Å². The quantitative estimate of drug-likeness (QED) is 0.133. The van der Waals surface area contributed by atoms with Gasteiger partial charge in [-0.05, 0) is 106 Å². The Hall–Kier alpha value is -2.84. The van der Waals surface area contributed by atoms with Crippen molar-refractivity contribution >= 4 is 85.1 Å². The number of hydrogen-bond donors (Lipinski definition) is 0. The van der Waals surface area contributed by atoms with E-state index in [1.807, 2.05) is 24.3 Å². The topological polar surface area (TPSA) is 88.4 Å². The lowest BCUT2D eigenvalue weighted by Gasteiger charge is -2.25. The molecule has 1 aromatic heterocycles. The zero-order valence-electron chi connectivity index (χ0n) is 24.5. The van der Waals surface area contributed by atoms with E-state index in [4.69, 9.17) is 42.1 Å². The van der Waals surface area contributed by atoms with E-state index in [1.54, 1.807) is 63.0 Å². The predicted octanol–water partition coefficient (Wildman–Crippen LogP) is 7.07. The summed E-state index contributed by atoms with van der Waals surface area (Å²) in [6.45, 7) is 3.88. The monoisotopic (exact) mass is 842 g/mol. The average Bonchev–Trinajstić information content (AvgIpc) is 3.30. The molecule has 0 spiro atoms. The molecule has 0 saturated carbocycles. The summed E-state index contributed by atoms with van der Waals surface area (Å²) in [7, 11) is 3.12. The van der Waals surface area contributed by atoms with Crippen LogP contribution in [-0.4, -0.2) is 31.4 Å². The molecule has 234 valence electrons. The Balaban J connectivity index is 1.58. The Morgan fingerprint density at radius 2 is 1.87 bits per heavy atom. The summed E-state index contributed by atoms with van der Waals surface area (Å²) in [5.41, 5.74) is 2.69. The second kappa shape index (κ2) is 14.3. The number of nitrogens with zero attached hydrogens (tertiary/aromatic N) is 2. The summed E-state index contributed by atoms with van der Waals surface area (Å²) in [5, 5.41) is 1.05. The molecule has 5 rings (SSSR count). The molecule has 0 amide bonds. The third-order valence-corrected chi connectivity index (χ3v) is 9.94. The first-order chi connectivity index (χ1) is 21.6. The number of ether oxygens (including phenoxy) is 4. The number of allylic oxidation sites excluding steroid dienone is 1. The fourth-order valence-corrected chi connectivity index (χ4v) is 7.71. The molecule has 0 saturated heterocycles. The zero-order valence-corrected chi connectivity index (χ0v) is 30.5. The summed E-state index contributed by atoms with van der Waals surface area (Å²) >= 11 is 19.3. The first-order valence-corrected chi connectivity index (χ1v) is 17.0. The van der Waals surface area contributed by atoms with Gasteiger partial charge in [-0.15, -0.1) is 0 Å². The Morgan fingerprint density at radius 1 is 1.11 bits per heavy atom. The first kappa shape index (κ1) is 33.5. The molecule has 0 unspecified atom stereocenters. The van der Waals surface area contributed by atoms with E-state index < -0.39 is 12.0 Å². The van der Waals surface area contributed by atoms with Gasteiger partial charge in [0.25, 0.3) is 5.56 Å². The third kappa shape index (κ3) is 6.97. The maximum atomic E-state index is 14.1. The van der Waals surface area contributed by atoms with Crippen molar-refractivity contribution in [1.29, 1.82) is 0 Å². The molecule has 1 atom stereocenters. The molecule has 0 bridgehead atoms. The Kier molecular flexibility index (Phi) is 10.6. The minimum absolute atomic E-state index is 0.186. The maximum Gasteiger partial charge on any atom is 0.338 e. The van der Waals surface area contributed by atoms with Crippen LogP contribution in [0.2, 0.25) is 10.0 Å². The largest absolute Gasteiger partial charge is 0.496 e. The van der Waals surface area contributed by atoms with Gasteiger partial charge in [-0.3, -0.25) is 9.36 Å². The van der Waals surface area contributed by atoms with E-state index in [9.17, 15) is 9.59 Å². The van der Waals surface area contributed by atoms with E-state index >= 15 is 0 Å². The van der Waals surface area contributed by atoms with Crippen LogP contribution >= 0.6 is 73.1 Å². The van der Waals surface area contributed by atoms with E-state index in [2.05, 4.69) is 43.5 Å². The summed E-state index contributed by atoms with van der Waals surface area (Å²) in [5.74, 6) is 1.13. The number of thiazole rings is 1. The zero-order chi connectivity index (χ0) is 32.4. The van der Waals surface area contributed by atoms with E-state index in [1.165, 1.54) is 11.3 Å². The van der Waals surface area contributed by atoms with Crippen molar-refractivity contribution in [1.82, 2.24) is 4.57 Å². The van der Waals surface area contributed by atoms with Crippen LogP contribution in [0.15, 0.2) is 74.1 Å². The van der Waals surface area contributed by atoms with Gasteiger partial charge in [-0.2, -0.15) is 0 Å².